The van der Waals surface area contributed by atoms with Crippen LogP contribution >= 0.6 is 0 Å². The Labute approximate surface area is 365 Å². The number of nitrogens with one attached hydrogen (secondary N) is 4. The second-order valence-corrected chi connectivity index (χ2v) is 17.0. The van der Waals surface area contributed by atoms with Crippen molar-refractivity contribution in [2.45, 2.75) is 76.5 Å². The van der Waals surface area contributed by atoms with Crippen LogP contribution in [0.1, 0.15) is 86.1 Å². The fraction of sp³-hybridized carbons (Fsp3) is 0.347. The molecule has 0 spiro atoms. The maximum atomic E-state index is 14.1. The summed E-state index contributed by atoms with van der Waals surface area (Å²) in [6, 6.07) is 26.7. The van der Waals surface area contributed by atoms with E-state index < -0.39 is 24.3 Å². The molecule has 3 aliphatic rings. The zero-order valence-electron chi connectivity index (χ0n) is 35.9. The van der Waals surface area contributed by atoms with Gasteiger partial charge in [0.15, 0.2) is 0 Å². The van der Waals surface area contributed by atoms with Crippen molar-refractivity contribution in [2.24, 2.45) is 5.92 Å². The Morgan fingerprint density at radius 2 is 1.35 bits per heavy atom. The number of nitrogens with zero attached hydrogens (tertiary/aromatic N) is 4. The predicted octanol–water partition coefficient (Wildman–Crippen LogP) is 8.19. The highest BCUT2D eigenvalue weighted by Gasteiger charge is 2.39. The van der Waals surface area contributed by atoms with Gasteiger partial charge in [-0.2, -0.15) is 0 Å². The van der Waals surface area contributed by atoms with E-state index in [1.165, 1.54) is 19.8 Å². The Bertz CT molecular complexity index is 2690. The molecule has 2 fully saturated rings. The largest absolute Gasteiger partial charge is 0.453 e. The Morgan fingerprint density at radius 1 is 0.714 bits per heavy atom. The molecule has 0 radical (unpaired) electrons. The first-order chi connectivity index (χ1) is 30.6. The minimum atomic E-state index is -0.874. The van der Waals surface area contributed by atoms with Crippen LogP contribution in [0.4, 0.5) is 9.59 Å². The van der Waals surface area contributed by atoms with E-state index in [9.17, 15) is 19.2 Å². The SMILES string of the molecule is COC(=O)N[C@H](C(=O)N1CCC[C@H]1c1ncc(-c2ccc3cc(-c4ccc5c(c4)CCc4[nH]c([C@@H]6CCCN6C(=O)[C@H](NC(=O)OC)c6ccccc6)nc4-5)ccc3c2)[nH]1)C(C)C. The number of hydrogen-bond donors (Lipinski definition) is 4. The second kappa shape index (κ2) is 17.4. The summed E-state index contributed by atoms with van der Waals surface area (Å²) in [7, 11) is 2.59. The van der Waals surface area contributed by atoms with E-state index in [2.05, 4.69) is 75.2 Å². The molecule has 4 aromatic carbocycles. The number of imidazole rings is 2. The van der Waals surface area contributed by atoms with Crippen molar-refractivity contribution in [2.75, 3.05) is 27.3 Å². The standard InChI is InChI=1S/C49H52N8O6/c1-28(2)41(54-48(60)62-3)46(58)56-22-8-12-39(56)44-50-27-38(52-44)35-17-16-31-24-30(14-15-32(31)26-35)33-18-20-36-34(25-33)19-21-37-43(36)53-45(51-37)40-13-9-23-57(40)47(59)42(55-49(61)63-4)29-10-6-5-7-11-29/h5-7,10-11,14-18,20,24-28,39-42H,8-9,12-13,19,21-23H2,1-4H3,(H,50,52)(H,51,53)(H,54,60)(H,55,61)/t39-,40-,41-,42+/m0/s1. The highest BCUT2D eigenvalue weighted by atomic mass is 16.5. The van der Waals surface area contributed by atoms with E-state index in [4.69, 9.17) is 19.4 Å². The number of H-pyrrole nitrogens is 2. The summed E-state index contributed by atoms with van der Waals surface area (Å²) >= 11 is 0. The molecule has 4 heterocycles. The summed E-state index contributed by atoms with van der Waals surface area (Å²) in [5, 5.41) is 7.67. The Hall–Kier alpha value is -6.96. The van der Waals surface area contributed by atoms with Crippen molar-refractivity contribution in [3.63, 3.8) is 0 Å². The maximum Gasteiger partial charge on any atom is 0.407 e. The summed E-state index contributed by atoms with van der Waals surface area (Å²) in [6.07, 6.45) is 5.46. The van der Waals surface area contributed by atoms with Crippen LogP contribution in [-0.4, -0.2) is 87.1 Å². The van der Waals surface area contributed by atoms with Gasteiger partial charge in [-0.15, -0.1) is 0 Å². The van der Waals surface area contributed by atoms with Crippen LogP contribution in [-0.2, 0) is 31.9 Å². The number of benzene rings is 4. The second-order valence-electron chi connectivity index (χ2n) is 17.0. The minimum Gasteiger partial charge on any atom is -0.453 e. The van der Waals surface area contributed by atoms with E-state index in [-0.39, 0.29) is 29.8 Å². The van der Waals surface area contributed by atoms with Gasteiger partial charge in [-0.1, -0.05) is 86.6 Å². The van der Waals surface area contributed by atoms with Crippen LogP contribution < -0.4 is 10.6 Å². The van der Waals surface area contributed by atoms with Gasteiger partial charge in [-0.3, -0.25) is 9.59 Å². The molecule has 1 aliphatic carbocycles. The van der Waals surface area contributed by atoms with Gasteiger partial charge in [0, 0.05) is 29.9 Å². The average Bonchev–Trinajstić information content (AvgIpc) is 4.16. The number of carbonyl (C=O) groups is 4. The minimum absolute atomic E-state index is 0.107. The lowest BCUT2D eigenvalue weighted by atomic mass is 9.89. The van der Waals surface area contributed by atoms with E-state index in [0.717, 1.165) is 100 Å². The zero-order valence-corrected chi connectivity index (χ0v) is 35.9. The topological polar surface area (TPSA) is 175 Å². The van der Waals surface area contributed by atoms with Gasteiger partial charge in [0.05, 0.1) is 43.9 Å². The van der Waals surface area contributed by atoms with Crippen molar-refractivity contribution < 1.29 is 28.7 Å². The third-order valence-corrected chi connectivity index (χ3v) is 12.8. The number of fused-ring (bicyclic) bond motifs is 4. The Kier molecular flexibility index (Phi) is 11.5. The summed E-state index contributed by atoms with van der Waals surface area (Å²) in [5.41, 5.74) is 9.15. The summed E-state index contributed by atoms with van der Waals surface area (Å²) in [5.74, 6) is 1.07. The van der Waals surface area contributed by atoms with Crippen molar-refractivity contribution in [1.82, 2.24) is 40.4 Å². The van der Waals surface area contributed by atoms with Crippen molar-refractivity contribution in [1.29, 1.82) is 0 Å². The third kappa shape index (κ3) is 8.13. The monoisotopic (exact) mass is 848 g/mol. The van der Waals surface area contributed by atoms with E-state index >= 15 is 0 Å². The summed E-state index contributed by atoms with van der Waals surface area (Å²) in [4.78, 5) is 72.7. The molecule has 324 valence electrons. The molecule has 14 nitrogen and oxygen atoms in total. The molecule has 2 aliphatic heterocycles. The van der Waals surface area contributed by atoms with Gasteiger partial charge in [0.25, 0.3) is 5.91 Å². The molecule has 2 aromatic heterocycles. The molecule has 0 saturated carbocycles. The number of rotatable bonds is 10. The smallest absolute Gasteiger partial charge is 0.407 e. The van der Waals surface area contributed by atoms with Crippen molar-refractivity contribution >= 4 is 34.8 Å². The molecule has 6 aromatic rings. The van der Waals surface area contributed by atoms with Crippen LogP contribution in [0.2, 0.25) is 0 Å². The van der Waals surface area contributed by atoms with Gasteiger partial charge < -0.3 is 39.9 Å². The van der Waals surface area contributed by atoms with Crippen LogP contribution in [0.15, 0.2) is 91.1 Å². The molecule has 2 saturated heterocycles. The van der Waals surface area contributed by atoms with Gasteiger partial charge in [-0.05, 0) is 89.6 Å². The number of methoxy groups -OCH3 is 2. The van der Waals surface area contributed by atoms with Gasteiger partial charge in [-0.25, -0.2) is 19.6 Å². The normalized spacial score (nSPS) is 17.9. The first-order valence-corrected chi connectivity index (χ1v) is 21.8. The first-order valence-electron chi connectivity index (χ1n) is 21.8. The van der Waals surface area contributed by atoms with Crippen LogP contribution in [0.3, 0.4) is 0 Å². The maximum absolute atomic E-state index is 14.1. The summed E-state index contributed by atoms with van der Waals surface area (Å²) < 4.78 is 9.65. The molecule has 0 bridgehead atoms. The van der Waals surface area contributed by atoms with Crippen LogP contribution in [0, 0.1) is 5.92 Å². The molecule has 4 amide bonds. The summed E-state index contributed by atoms with van der Waals surface area (Å²) in [6.45, 7) is 4.98. The number of ether oxygens (including phenoxy) is 2. The van der Waals surface area contributed by atoms with Gasteiger partial charge >= 0.3 is 12.2 Å². The molecule has 4 atom stereocenters. The lowest BCUT2D eigenvalue weighted by molar-refractivity contribution is -0.135. The van der Waals surface area contributed by atoms with Crippen LogP contribution in [0.25, 0.3) is 44.4 Å². The molecule has 4 N–H and O–H groups in total. The molecule has 14 heteroatoms. The molecular weight excluding hydrogens is 797 g/mol. The molecular formula is C49H52N8O6. The Balaban J connectivity index is 0.908. The van der Waals surface area contributed by atoms with Crippen molar-refractivity contribution in [3.8, 4) is 33.6 Å². The molecule has 63 heavy (non-hydrogen) atoms. The third-order valence-electron chi connectivity index (χ3n) is 12.8. The number of likely N-dealkylation sites (tertiary alicyclic amines) is 2. The molecule has 0 unspecified atom stereocenters. The number of aryl methyl sites for hydroxylation is 2. The van der Waals surface area contributed by atoms with Crippen molar-refractivity contribution in [3.05, 3.63) is 120 Å². The highest BCUT2D eigenvalue weighted by molar-refractivity contribution is 5.91. The number of amides is 4. The number of aromatic amines is 2. The average molecular weight is 849 g/mol. The fourth-order valence-corrected chi connectivity index (χ4v) is 9.49. The lowest BCUT2D eigenvalue weighted by Gasteiger charge is -2.30. The Morgan fingerprint density at radius 3 is 2.06 bits per heavy atom. The zero-order chi connectivity index (χ0) is 43.8. The van der Waals surface area contributed by atoms with E-state index in [1.54, 1.807) is 0 Å². The number of aromatic nitrogens is 4. The molecule has 9 rings (SSSR count). The van der Waals surface area contributed by atoms with Crippen LogP contribution in [0.5, 0.6) is 0 Å². The fourth-order valence-electron chi connectivity index (χ4n) is 9.49. The van der Waals surface area contributed by atoms with E-state index in [1.807, 2.05) is 60.2 Å². The lowest BCUT2D eigenvalue weighted by Crippen LogP contribution is -2.51. The predicted molar refractivity (Wildman–Crippen MR) is 238 cm³/mol. The number of hydrogen-bond acceptors (Lipinski definition) is 8. The number of carbonyl (C=O) groups excluding carboxylic acids is 4. The highest BCUT2D eigenvalue weighted by Crippen LogP contribution is 2.40. The quantitative estimate of drug-likeness (QED) is 0.107. The first kappa shape index (κ1) is 41.4. The van der Waals surface area contributed by atoms with Gasteiger partial charge in [0.1, 0.15) is 23.7 Å². The van der Waals surface area contributed by atoms with Gasteiger partial charge in [0.2, 0.25) is 5.91 Å². The number of alkyl carbamates (subject to hydrolysis) is 2. The van der Waals surface area contributed by atoms with E-state index in [0.29, 0.717) is 18.7 Å².